The van der Waals surface area contributed by atoms with Crippen LogP contribution in [0, 0.1) is 0 Å². The minimum atomic E-state index is 0.165. The van der Waals surface area contributed by atoms with E-state index in [0.29, 0.717) is 6.04 Å². The number of rotatable bonds is 6. The van der Waals surface area contributed by atoms with Crippen molar-refractivity contribution in [1.82, 2.24) is 19.9 Å². The molecule has 1 unspecified atom stereocenters. The molecule has 0 spiro atoms. The van der Waals surface area contributed by atoms with Crippen molar-refractivity contribution in [1.29, 1.82) is 0 Å². The van der Waals surface area contributed by atoms with Crippen LogP contribution in [0.1, 0.15) is 42.8 Å². The number of hydrogen-bond acceptors (Lipinski definition) is 4. The van der Waals surface area contributed by atoms with E-state index in [1.165, 1.54) is 16.6 Å². The standard InChI is InChI=1S/C21H26N4O/c1-15(13-16-7-3-4-10-22-16)25(2)14-18-17-8-5-11-23-21(17)24-20(18)19-9-6-12-26-19/h3-5,7-8,10-11,15,19H,6,9,12-14H2,1-2H3,(H,23,24)/t15?,19-/m0/s1. The first-order valence-corrected chi connectivity index (χ1v) is 9.39. The van der Waals surface area contributed by atoms with Gasteiger partial charge >= 0.3 is 0 Å². The SMILES string of the molecule is CC(Cc1ccccn1)N(C)Cc1c([C@@H]2CCCO2)[nH]c2ncccc12. The number of aromatic nitrogens is 3. The molecule has 1 saturated heterocycles. The van der Waals surface area contributed by atoms with Gasteiger partial charge in [0.1, 0.15) is 5.65 Å². The molecule has 0 radical (unpaired) electrons. The predicted octanol–water partition coefficient (Wildman–Crippen LogP) is 3.87. The number of fused-ring (bicyclic) bond motifs is 1. The fourth-order valence-electron chi connectivity index (χ4n) is 3.73. The zero-order chi connectivity index (χ0) is 17.9. The minimum absolute atomic E-state index is 0.165. The van der Waals surface area contributed by atoms with Crippen molar-refractivity contribution in [3.8, 4) is 0 Å². The maximum atomic E-state index is 5.96. The highest BCUT2D eigenvalue weighted by molar-refractivity contribution is 5.81. The van der Waals surface area contributed by atoms with Crippen molar-refractivity contribution in [2.75, 3.05) is 13.7 Å². The van der Waals surface area contributed by atoms with Gasteiger partial charge in [0, 0.05) is 49.1 Å². The van der Waals surface area contributed by atoms with E-state index in [1.54, 1.807) is 0 Å². The van der Waals surface area contributed by atoms with Gasteiger partial charge in [-0.1, -0.05) is 6.07 Å². The van der Waals surface area contributed by atoms with Crippen molar-refractivity contribution >= 4 is 11.0 Å². The molecule has 5 nitrogen and oxygen atoms in total. The molecule has 2 atom stereocenters. The second-order valence-corrected chi connectivity index (χ2v) is 7.21. The average molecular weight is 350 g/mol. The number of aromatic amines is 1. The van der Waals surface area contributed by atoms with Gasteiger partial charge in [0.2, 0.25) is 0 Å². The van der Waals surface area contributed by atoms with Crippen LogP contribution in [-0.4, -0.2) is 39.5 Å². The molecule has 0 bridgehead atoms. The largest absolute Gasteiger partial charge is 0.372 e. The third kappa shape index (κ3) is 3.50. The quantitative estimate of drug-likeness (QED) is 0.733. The number of hydrogen-bond donors (Lipinski definition) is 1. The Labute approximate surface area is 154 Å². The molecule has 3 aromatic rings. The first-order chi connectivity index (χ1) is 12.7. The van der Waals surface area contributed by atoms with E-state index in [2.05, 4.69) is 52.0 Å². The summed E-state index contributed by atoms with van der Waals surface area (Å²) in [5.74, 6) is 0. The minimum Gasteiger partial charge on any atom is -0.372 e. The molecule has 1 N–H and O–H groups in total. The number of likely N-dealkylation sites (N-methyl/N-ethyl adjacent to an activating group) is 1. The third-order valence-electron chi connectivity index (χ3n) is 5.35. The molecule has 0 amide bonds. The second-order valence-electron chi connectivity index (χ2n) is 7.21. The zero-order valence-electron chi connectivity index (χ0n) is 15.5. The molecule has 136 valence electrons. The van der Waals surface area contributed by atoms with E-state index in [-0.39, 0.29) is 6.10 Å². The first-order valence-electron chi connectivity index (χ1n) is 9.39. The number of nitrogens with one attached hydrogen (secondary N) is 1. The van der Waals surface area contributed by atoms with Crippen molar-refractivity contribution in [3.05, 3.63) is 59.7 Å². The zero-order valence-corrected chi connectivity index (χ0v) is 15.5. The van der Waals surface area contributed by atoms with Crippen molar-refractivity contribution in [2.24, 2.45) is 0 Å². The maximum Gasteiger partial charge on any atom is 0.137 e. The van der Waals surface area contributed by atoms with Crippen molar-refractivity contribution in [2.45, 2.75) is 44.9 Å². The molecule has 0 aliphatic carbocycles. The Morgan fingerprint density at radius 3 is 2.88 bits per heavy atom. The van der Waals surface area contributed by atoms with Gasteiger partial charge in [0.15, 0.2) is 0 Å². The molecular formula is C21H26N4O. The van der Waals surface area contributed by atoms with E-state index in [0.717, 1.165) is 43.8 Å². The Bertz CT molecular complexity index is 855. The Balaban J connectivity index is 1.58. The topological polar surface area (TPSA) is 54.0 Å². The van der Waals surface area contributed by atoms with Crippen LogP contribution in [0.25, 0.3) is 11.0 Å². The smallest absolute Gasteiger partial charge is 0.137 e. The Hall–Kier alpha value is -2.24. The lowest BCUT2D eigenvalue weighted by atomic mass is 10.0. The lowest BCUT2D eigenvalue weighted by molar-refractivity contribution is 0.107. The molecule has 26 heavy (non-hydrogen) atoms. The van der Waals surface area contributed by atoms with Crippen LogP contribution >= 0.6 is 0 Å². The van der Waals surface area contributed by atoms with E-state index in [4.69, 9.17) is 4.74 Å². The highest BCUT2D eigenvalue weighted by Crippen LogP contribution is 2.34. The number of nitrogens with zero attached hydrogens (tertiary/aromatic N) is 3. The van der Waals surface area contributed by atoms with Gasteiger partial charge in [-0.25, -0.2) is 4.98 Å². The monoisotopic (exact) mass is 350 g/mol. The number of ether oxygens (including phenoxy) is 1. The third-order valence-corrected chi connectivity index (χ3v) is 5.35. The molecule has 4 heterocycles. The highest BCUT2D eigenvalue weighted by atomic mass is 16.5. The highest BCUT2D eigenvalue weighted by Gasteiger charge is 2.25. The summed E-state index contributed by atoms with van der Waals surface area (Å²) < 4.78 is 5.96. The van der Waals surface area contributed by atoms with Crippen LogP contribution in [0.3, 0.4) is 0 Å². The van der Waals surface area contributed by atoms with Gasteiger partial charge in [0.05, 0.1) is 11.8 Å². The van der Waals surface area contributed by atoms with Gasteiger partial charge in [-0.05, 0) is 56.6 Å². The molecule has 5 heteroatoms. The van der Waals surface area contributed by atoms with Crippen LogP contribution < -0.4 is 0 Å². The van der Waals surface area contributed by atoms with Gasteiger partial charge in [0.25, 0.3) is 0 Å². The fourth-order valence-corrected chi connectivity index (χ4v) is 3.73. The van der Waals surface area contributed by atoms with Crippen molar-refractivity contribution in [3.63, 3.8) is 0 Å². The van der Waals surface area contributed by atoms with Crippen molar-refractivity contribution < 1.29 is 4.74 Å². The summed E-state index contributed by atoms with van der Waals surface area (Å²) in [5, 5.41) is 1.20. The van der Waals surface area contributed by atoms with Gasteiger partial charge < -0.3 is 9.72 Å². The molecule has 4 rings (SSSR count). The molecule has 3 aromatic heterocycles. The second kappa shape index (κ2) is 7.56. The van der Waals surface area contributed by atoms with E-state index in [1.807, 2.05) is 24.5 Å². The Morgan fingerprint density at radius 2 is 2.12 bits per heavy atom. The van der Waals surface area contributed by atoms with E-state index in [9.17, 15) is 0 Å². The first kappa shape index (κ1) is 17.2. The molecular weight excluding hydrogens is 324 g/mol. The molecule has 0 aromatic carbocycles. The normalized spacial score (nSPS) is 18.7. The van der Waals surface area contributed by atoms with E-state index < -0.39 is 0 Å². The van der Waals surface area contributed by atoms with Crippen LogP contribution in [0.2, 0.25) is 0 Å². The van der Waals surface area contributed by atoms with Crippen LogP contribution in [0.15, 0.2) is 42.7 Å². The Morgan fingerprint density at radius 1 is 1.23 bits per heavy atom. The summed E-state index contributed by atoms with van der Waals surface area (Å²) >= 11 is 0. The van der Waals surface area contributed by atoms with Gasteiger partial charge in [-0.3, -0.25) is 9.88 Å². The van der Waals surface area contributed by atoms with Crippen LogP contribution in [0.5, 0.6) is 0 Å². The van der Waals surface area contributed by atoms with Crippen LogP contribution in [-0.2, 0) is 17.7 Å². The molecule has 1 aliphatic rings. The van der Waals surface area contributed by atoms with E-state index >= 15 is 0 Å². The summed E-state index contributed by atoms with van der Waals surface area (Å²) in [4.78, 5) is 14.9. The predicted molar refractivity (Wildman–Crippen MR) is 103 cm³/mol. The summed E-state index contributed by atoms with van der Waals surface area (Å²) in [6, 6.07) is 10.7. The number of H-pyrrole nitrogens is 1. The summed E-state index contributed by atoms with van der Waals surface area (Å²) in [6.07, 6.45) is 7.01. The maximum absolute atomic E-state index is 5.96. The summed E-state index contributed by atoms with van der Waals surface area (Å²) in [7, 11) is 2.18. The number of pyridine rings is 2. The van der Waals surface area contributed by atoms with Gasteiger partial charge in [-0.2, -0.15) is 0 Å². The molecule has 1 aliphatic heterocycles. The van der Waals surface area contributed by atoms with Crippen LogP contribution in [0.4, 0.5) is 0 Å². The summed E-state index contributed by atoms with van der Waals surface area (Å²) in [5.41, 5.74) is 4.61. The lowest BCUT2D eigenvalue weighted by Gasteiger charge is -2.25. The lowest BCUT2D eigenvalue weighted by Crippen LogP contribution is -2.31. The summed E-state index contributed by atoms with van der Waals surface area (Å²) in [6.45, 7) is 3.97. The fraction of sp³-hybridized carbons (Fsp3) is 0.429. The molecule has 1 fully saturated rings. The molecule has 0 saturated carbocycles. The van der Waals surface area contributed by atoms with Gasteiger partial charge in [-0.15, -0.1) is 0 Å². The average Bonchev–Trinajstić information content (AvgIpc) is 3.31. The Kier molecular flexibility index (Phi) is 5.00.